The lowest BCUT2D eigenvalue weighted by atomic mass is 10.3. The zero-order valence-electron chi connectivity index (χ0n) is 21.8. The fraction of sp³-hybridized carbons (Fsp3) is 0. The van der Waals surface area contributed by atoms with Crippen LogP contribution in [0.25, 0.3) is 19.6 Å². The van der Waals surface area contributed by atoms with Crippen LogP contribution < -0.4 is 21.4 Å². The molecule has 5 rings (SSSR count). The average Bonchev–Trinajstić information content (AvgIpc) is 3.60. The Bertz CT molecular complexity index is 2680. The van der Waals surface area contributed by atoms with Crippen LogP contribution in [0.15, 0.2) is 12.1 Å². The molecule has 6 N–H and O–H groups in total. The van der Waals surface area contributed by atoms with E-state index in [4.69, 9.17) is 93.2 Å². The molecule has 4 aromatic heterocycles. The van der Waals surface area contributed by atoms with E-state index < -0.39 is 134 Å². The monoisotopic (exact) mass is 904 g/mol. The van der Waals surface area contributed by atoms with E-state index in [0.29, 0.717) is 0 Å². The van der Waals surface area contributed by atoms with Gasteiger partial charge in [0, 0.05) is 23.6 Å². The molecule has 0 unspecified atom stereocenters. The van der Waals surface area contributed by atoms with Gasteiger partial charge >= 0.3 is 0 Å². The molecule has 1 aliphatic rings. The van der Waals surface area contributed by atoms with E-state index in [9.17, 15) is 51.9 Å². The Hall–Kier alpha value is -1.44. The highest BCUT2D eigenvalue weighted by Gasteiger charge is 2.38. The van der Waals surface area contributed by atoms with Gasteiger partial charge in [0.2, 0.25) is 0 Å². The van der Waals surface area contributed by atoms with Crippen molar-refractivity contribution >= 4 is 153 Å². The standard InChI is InChI=1S/C20H8Cl8N4O12S4/c21-5-6(22)12-20(48(42,43)44)16-10(26)8(24)14(32(16)28)18(46(36,37)38)4-2-1-3(29-4)17(45(33,34)35)13-7(23)9(25)15(31(13)27)19(11(5)30-12)47(39,40)41/h1-2,29-30H,(H,33,34,35)(H,36,37,38)(H,39,40,41)(H,42,43,44). The van der Waals surface area contributed by atoms with Crippen LogP contribution in [0.1, 0.15) is 22.8 Å². The fourth-order valence-electron chi connectivity index (χ4n) is 4.68. The summed E-state index contributed by atoms with van der Waals surface area (Å²) in [6.45, 7) is 0. The zero-order chi connectivity index (χ0) is 36.4. The summed E-state index contributed by atoms with van der Waals surface area (Å²) in [5.41, 5.74) is -4.12. The second-order valence-corrected chi connectivity index (χ2v) is 17.6. The highest BCUT2D eigenvalue weighted by molar-refractivity contribution is 7.96. The molecule has 0 saturated carbocycles. The number of aromatic amines is 2. The Kier molecular flexibility index (Phi) is 9.51. The van der Waals surface area contributed by atoms with E-state index in [-0.39, 0.29) is 8.17 Å². The Morgan fingerprint density at radius 3 is 0.938 bits per heavy atom. The number of fused-ring (bicyclic) bond motifs is 8. The van der Waals surface area contributed by atoms with Crippen molar-refractivity contribution in [1.82, 2.24) is 18.1 Å². The molecule has 0 aromatic carbocycles. The van der Waals surface area contributed by atoms with Crippen molar-refractivity contribution in [1.29, 1.82) is 0 Å². The van der Waals surface area contributed by atoms with Gasteiger partial charge in [-0.2, -0.15) is 33.7 Å². The van der Waals surface area contributed by atoms with Gasteiger partial charge < -0.3 is 9.97 Å². The highest BCUT2D eigenvalue weighted by Crippen LogP contribution is 2.43. The SMILES string of the molecule is O=S(=O)(O)C1=c2ccc([nH]2)=C(S(=O)(=O)O)c2c(Cl)c(Cl)c(n2Cl)C(S(=O)(=O)O)=c2[nH]c(c(Cl)c2Cl)=C(S(=O)(=O)O)c2c(Cl)c(Cl)c1n2Cl. The molecule has 28 heteroatoms. The third-order valence-electron chi connectivity index (χ3n) is 6.41. The topological polar surface area (TPSA) is 259 Å². The summed E-state index contributed by atoms with van der Waals surface area (Å²) < 4.78 is 144. The molecule has 5 heterocycles. The van der Waals surface area contributed by atoms with Crippen LogP contribution in [0.4, 0.5) is 0 Å². The first-order chi connectivity index (χ1) is 21.7. The molecular weight excluding hydrogens is 900 g/mol. The van der Waals surface area contributed by atoms with Crippen molar-refractivity contribution in [2.75, 3.05) is 0 Å². The van der Waals surface area contributed by atoms with E-state index >= 15 is 0 Å². The van der Waals surface area contributed by atoms with E-state index in [1.807, 2.05) is 0 Å². The quantitative estimate of drug-likeness (QED) is 0.161. The van der Waals surface area contributed by atoms with Crippen LogP contribution in [0.5, 0.6) is 0 Å². The van der Waals surface area contributed by atoms with Crippen LogP contribution in [-0.2, 0) is 40.5 Å². The molecule has 1 aliphatic heterocycles. The molecular formula is C20H8Cl8N4O12S4. The van der Waals surface area contributed by atoms with Crippen LogP contribution in [0.2, 0.25) is 30.1 Å². The fourth-order valence-corrected chi connectivity index (χ4v) is 11.0. The van der Waals surface area contributed by atoms with Crippen LogP contribution in [0.3, 0.4) is 0 Å². The molecule has 0 amide bonds. The number of rotatable bonds is 4. The second kappa shape index (κ2) is 12.1. The van der Waals surface area contributed by atoms with Gasteiger partial charge in [0.1, 0.15) is 42.4 Å². The molecule has 8 bridgehead atoms. The van der Waals surface area contributed by atoms with Crippen LogP contribution in [0, 0.1) is 0 Å². The van der Waals surface area contributed by atoms with Gasteiger partial charge in [-0.1, -0.05) is 69.6 Å². The van der Waals surface area contributed by atoms with E-state index in [1.54, 1.807) is 0 Å². The molecule has 0 saturated heterocycles. The maximum absolute atomic E-state index is 12.9. The van der Waals surface area contributed by atoms with Gasteiger partial charge in [0.05, 0.1) is 51.5 Å². The van der Waals surface area contributed by atoms with Crippen molar-refractivity contribution < 1.29 is 51.9 Å². The third-order valence-corrected chi connectivity index (χ3v) is 13.3. The smallest absolute Gasteiger partial charge is 0.298 e. The third kappa shape index (κ3) is 5.91. The Morgan fingerprint density at radius 1 is 0.438 bits per heavy atom. The number of hydrogen-bond acceptors (Lipinski definition) is 8. The van der Waals surface area contributed by atoms with E-state index in [2.05, 4.69) is 9.97 Å². The predicted molar refractivity (Wildman–Crippen MR) is 178 cm³/mol. The molecule has 4 aromatic rings. The minimum absolute atomic E-state index is 0.137. The lowest BCUT2D eigenvalue weighted by Crippen LogP contribution is -2.25. The molecule has 260 valence electrons. The average molecular weight is 908 g/mol. The van der Waals surface area contributed by atoms with Crippen molar-refractivity contribution in [2.24, 2.45) is 0 Å². The maximum atomic E-state index is 12.9. The van der Waals surface area contributed by atoms with Gasteiger partial charge in [-0.3, -0.25) is 18.2 Å². The van der Waals surface area contributed by atoms with E-state index in [1.165, 1.54) is 0 Å². The van der Waals surface area contributed by atoms with Gasteiger partial charge in [0.15, 0.2) is 0 Å². The number of nitrogens with one attached hydrogen (secondary N) is 2. The minimum atomic E-state index is -5.65. The summed E-state index contributed by atoms with van der Waals surface area (Å²) in [5.74, 6) is 0. The molecule has 48 heavy (non-hydrogen) atoms. The molecule has 0 aliphatic carbocycles. The minimum Gasteiger partial charge on any atom is -0.353 e. The number of nitrogens with zero attached hydrogens (tertiary/aromatic N) is 2. The Balaban J connectivity index is 2.35. The van der Waals surface area contributed by atoms with Crippen molar-refractivity contribution in [3.05, 3.63) is 86.4 Å². The lowest BCUT2D eigenvalue weighted by Gasteiger charge is -2.09. The van der Waals surface area contributed by atoms with Crippen LogP contribution in [-0.4, -0.2) is 70.0 Å². The molecule has 0 spiro atoms. The summed E-state index contributed by atoms with van der Waals surface area (Å²) in [5, 5.41) is -9.07. The highest BCUT2D eigenvalue weighted by atomic mass is 35.5. The maximum Gasteiger partial charge on any atom is 0.298 e. The van der Waals surface area contributed by atoms with Gasteiger partial charge in [-0.25, -0.2) is 8.17 Å². The van der Waals surface area contributed by atoms with Crippen molar-refractivity contribution in [2.45, 2.75) is 0 Å². The number of halogens is 8. The summed E-state index contributed by atoms with van der Waals surface area (Å²) in [6.07, 6.45) is 0. The van der Waals surface area contributed by atoms with Gasteiger partial charge in [0.25, 0.3) is 40.5 Å². The first-order valence-corrected chi connectivity index (χ1v) is 20.1. The van der Waals surface area contributed by atoms with Gasteiger partial charge in [-0.05, 0) is 12.1 Å². The second-order valence-electron chi connectivity index (χ2n) is 9.22. The molecule has 0 radical (unpaired) electrons. The number of hydrogen-bond donors (Lipinski definition) is 6. The summed E-state index contributed by atoms with van der Waals surface area (Å²) in [6, 6.07) is 1.59. The first-order valence-electron chi connectivity index (χ1n) is 11.4. The molecule has 16 nitrogen and oxygen atoms in total. The van der Waals surface area contributed by atoms with Gasteiger partial charge in [-0.15, -0.1) is 0 Å². The number of aromatic nitrogens is 4. The summed E-state index contributed by atoms with van der Waals surface area (Å²) in [7, 11) is -22.4. The van der Waals surface area contributed by atoms with Crippen molar-refractivity contribution in [3.8, 4) is 0 Å². The van der Waals surface area contributed by atoms with E-state index in [0.717, 1.165) is 12.1 Å². The lowest BCUT2D eigenvalue weighted by molar-refractivity contribution is 0.493. The summed E-state index contributed by atoms with van der Waals surface area (Å²) in [4.78, 5) is -1.01. The summed E-state index contributed by atoms with van der Waals surface area (Å²) >= 11 is 50.5. The molecule has 0 fully saturated rings. The molecule has 0 atom stereocenters. The zero-order valence-corrected chi connectivity index (χ0v) is 31.1. The Labute approximate surface area is 307 Å². The Morgan fingerprint density at radius 2 is 0.688 bits per heavy atom. The van der Waals surface area contributed by atoms with Crippen molar-refractivity contribution in [3.63, 3.8) is 0 Å². The largest absolute Gasteiger partial charge is 0.353 e. The first kappa shape index (κ1) is 37.8. The predicted octanol–water partition coefficient (Wildman–Crippen LogP) is 2.36. The number of H-pyrrole nitrogens is 2. The normalized spacial score (nSPS) is 14.8. The van der Waals surface area contributed by atoms with Crippen LogP contribution >= 0.6 is 93.2 Å².